The Morgan fingerprint density at radius 1 is 0.650 bits per heavy atom. The Morgan fingerprint density at radius 2 is 1.07 bits per heavy atom. The predicted octanol–water partition coefficient (Wildman–Crippen LogP) is 2.28. The van der Waals surface area contributed by atoms with Crippen LogP contribution >= 0.6 is 13.7 Å². The van der Waals surface area contributed by atoms with E-state index in [1.54, 1.807) is 0 Å². The molecule has 0 amide bonds. The molecule has 5 heterocycles. The smallest absolute Gasteiger partial charge is 0.148 e. The monoisotopic (exact) mass is 608 g/mol. The molecule has 10 nitrogen and oxygen atoms in total. The molecule has 0 saturated carbocycles. The van der Waals surface area contributed by atoms with Gasteiger partial charge in [0.15, 0.2) is 0 Å². The highest BCUT2D eigenvalue weighted by molar-refractivity contribution is 8.15. The standard InChI is InChI=1S/C27H42N6O4P2S/c1-29-24-26(39(40,32-11-19-36-20-12-32)33-13-21-37-22-14-33)23-27(29)38(30-7-15-34-16-8-30,31-9-17-35-18-10-31)28-25-5-3-2-4-6-25/h2-6,23-24H,7-22H2,1H3. The number of rotatable bonds is 7. The van der Waals surface area contributed by atoms with E-state index in [1.807, 2.05) is 0 Å². The number of ether oxygens (including phenoxy) is 4. The minimum atomic E-state index is -2.41. The van der Waals surface area contributed by atoms with Crippen LogP contribution in [0.1, 0.15) is 0 Å². The molecule has 2 aromatic rings. The maximum absolute atomic E-state index is 6.80. The van der Waals surface area contributed by atoms with Gasteiger partial charge in [-0.3, -0.25) is 9.34 Å². The number of aryl methyl sites for hydroxylation is 1. The number of benzene rings is 1. The van der Waals surface area contributed by atoms with Gasteiger partial charge in [0.05, 0.1) is 64.0 Å². The van der Waals surface area contributed by atoms with Gasteiger partial charge in [0.1, 0.15) is 13.7 Å². The molecule has 40 heavy (non-hydrogen) atoms. The molecule has 0 aliphatic carbocycles. The van der Waals surface area contributed by atoms with Crippen molar-refractivity contribution >= 4 is 41.9 Å². The van der Waals surface area contributed by atoms with Gasteiger partial charge in [0.2, 0.25) is 0 Å². The second kappa shape index (κ2) is 13.1. The molecule has 0 N–H and O–H groups in total. The number of morpholine rings is 4. The molecule has 4 fully saturated rings. The fourth-order valence-corrected chi connectivity index (χ4v) is 14.5. The van der Waals surface area contributed by atoms with Crippen LogP contribution in [-0.2, 0) is 37.8 Å². The van der Waals surface area contributed by atoms with Gasteiger partial charge in [-0.05, 0) is 18.2 Å². The molecule has 1 aromatic carbocycles. The normalized spacial score (nSPS) is 23.3. The summed E-state index contributed by atoms with van der Waals surface area (Å²) in [5.41, 5.74) is 2.27. The first-order valence-corrected chi connectivity index (χ1v) is 18.8. The van der Waals surface area contributed by atoms with E-state index >= 15 is 0 Å². The van der Waals surface area contributed by atoms with E-state index in [0.717, 1.165) is 84.5 Å². The molecule has 4 saturated heterocycles. The molecule has 4 aliphatic rings. The summed E-state index contributed by atoms with van der Waals surface area (Å²) in [6.07, 6.45) is 0.0647. The fraction of sp³-hybridized carbons (Fsp3) is 0.630. The van der Waals surface area contributed by atoms with E-state index < -0.39 is 13.7 Å². The second-order valence-corrected chi connectivity index (χ2v) is 17.7. The van der Waals surface area contributed by atoms with Crippen molar-refractivity contribution in [3.63, 3.8) is 0 Å². The Labute approximate surface area is 243 Å². The summed E-state index contributed by atoms with van der Waals surface area (Å²) in [5, 5.41) is 1.25. The molecule has 1 aromatic heterocycles. The van der Waals surface area contributed by atoms with Crippen molar-refractivity contribution in [2.75, 3.05) is 105 Å². The summed E-state index contributed by atoms with van der Waals surface area (Å²) >= 11 is 6.80. The molecular formula is C27H42N6O4P2S. The van der Waals surface area contributed by atoms with Crippen molar-refractivity contribution in [3.8, 4) is 0 Å². The van der Waals surface area contributed by atoms with Crippen molar-refractivity contribution in [2.24, 2.45) is 11.8 Å². The lowest BCUT2D eigenvalue weighted by molar-refractivity contribution is 0.0577. The molecule has 220 valence electrons. The molecule has 6 rings (SSSR count). The van der Waals surface area contributed by atoms with Crippen LogP contribution in [0.2, 0.25) is 0 Å². The lowest BCUT2D eigenvalue weighted by Crippen LogP contribution is -2.47. The van der Waals surface area contributed by atoms with Crippen molar-refractivity contribution in [2.45, 2.75) is 0 Å². The molecule has 0 unspecified atom stereocenters. The van der Waals surface area contributed by atoms with Crippen LogP contribution in [0.5, 0.6) is 0 Å². The van der Waals surface area contributed by atoms with Gasteiger partial charge in [-0.2, -0.15) is 0 Å². The van der Waals surface area contributed by atoms with Gasteiger partial charge >= 0.3 is 0 Å². The maximum Gasteiger partial charge on any atom is 0.148 e. The Morgan fingerprint density at radius 3 is 1.52 bits per heavy atom. The van der Waals surface area contributed by atoms with Crippen molar-refractivity contribution in [3.05, 3.63) is 42.6 Å². The van der Waals surface area contributed by atoms with E-state index in [4.69, 9.17) is 35.5 Å². The highest BCUT2D eigenvalue weighted by Crippen LogP contribution is 2.59. The first-order valence-electron chi connectivity index (χ1n) is 14.4. The summed E-state index contributed by atoms with van der Waals surface area (Å²) in [4.78, 5) is 0. The third kappa shape index (κ3) is 5.69. The highest BCUT2D eigenvalue weighted by atomic mass is 32.4. The molecule has 4 aliphatic heterocycles. The SMILES string of the molecule is Cn1cc(P(=S)(N2CCOCC2)N2CCOCC2)cc1P(=Nc1ccccc1)(N1CCOCC1)N1CCOCC1. The average Bonchev–Trinajstić information content (AvgIpc) is 3.44. The first kappa shape index (κ1) is 29.1. The molecular weight excluding hydrogens is 566 g/mol. The van der Waals surface area contributed by atoms with Crippen molar-refractivity contribution in [1.29, 1.82) is 0 Å². The van der Waals surface area contributed by atoms with Gasteiger partial charge in [-0.1, -0.05) is 30.0 Å². The average molecular weight is 609 g/mol. The van der Waals surface area contributed by atoms with Crippen LogP contribution in [0.15, 0.2) is 47.3 Å². The maximum atomic E-state index is 6.80. The zero-order valence-electron chi connectivity index (χ0n) is 23.5. The summed E-state index contributed by atoms with van der Waals surface area (Å²) in [7, 11) is -0.220. The topological polar surface area (TPSA) is 67.2 Å². The highest BCUT2D eigenvalue weighted by Gasteiger charge is 2.43. The molecule has 0 spiro atoms. The third-order valence-corrected chi connectivity index (χ3v) is 17.3. The number of aromatic nitrogens is 1. The molecule has 0 radical (unpaired) electrons. The second-order valence-electron chi connectivity index (χ2n) is 10.5. The number of hydrogen-bond donors (Lipinski definition) is 0. The first-order chi connectivity index (χ1) is 19.6. The Balaban J connectivity index is 1.53. The van der Waals surface area contributed by atoms with Gasteiger partial charge in [-0.25, -0.2) is 14.1 Å². The predicted molar refractivity (Wildman–Crippen MR) is 164 cm³/mol. The summed E-state index contributed by atoms with van der Waals surface area (Å²) < 4.78 is 41.6. The minimum Gasteiger partial charge on any atom is -0.379 e. The van der Waals surface area contributed by atoms with Gasteiger partial charge in [0.25, 0.3) is 0 Å². The van der Waals surface area contributed by atoms with Crippen LogP contribution in [0, 0.1) is 0 Å². The summed E-state index contributed by atoms with van der Waals surface area (Å²) in [6.45, 7) is 12.6. The van der Waals surface area contributed by atoms with E-state index in [2.05, 4.69) is 72.9 Å². The third-order valence-electron chi connectivity index (χ3n) is 8.12. The van der Waals surface area contributed by atoms with Gasteiger partial charge in [-0.15, -0.1) is 0 Å². The molecule has 0 atom stereocenters. The Hall–Kier alpha value is -0.940. The van der Waals surface area contributed by atoms with E-state index in [9.17, 15) is 0 Å². The van der Waals surface area contributed by atoms with E-state index in [0.29, 0.717) is 26.4 Å². The van der Waals surface area contributed by atoms with E-state index in [-0.39, 0.29) is 0 Å². The number of hydrogen-bond acceptors (Lipinski definition) is 6. The number of nitrogens with zero attached hydrogens (tertiary/aromatic N) is 6. The minimum absolute atomic E-state index is 0.715. The van der Waals surface area contributed by atoms with E-state index in [1.165, 1.54) is 10.7 Å². The lowest BCUT2D eigenvalue weighted by atomic mass is 10.3. The Bertz CT molecular complexity index is 1180. The zero-order valence-corrected chi connectivity index (χ0v) is 26.1. The zero-order chi connectivity index (χ0) is 27.4. The van der Waals surface area contributed by atoms with Crippen LogP contribution in [0.25, 0.3) is 0 Å². The van der Waals surface area contributed by atoms with Crippen LogP contribution < -0.4 is 10.7 Å². The largest absolute Gasteiger partial charge is 0.379 e. The van der Waals surface area contributed by atoms with Crippen molar-refractivity contribution < 1.29 is 18.9 Å². The van der Waals surface area contributed by atoms with Crippen molar-refractivity contribution in [1.82, 2.24) is 23.2 Å². The fourth-order valence-electron chi connectivity index (χ4n) is 6.12. The summed E-state index contributed by atoms with van der Waals surface area (Å²) in [5.74, 6) is 0. The van der Waals surface area contributed by atoms with Crippen LogP contribution in [0.3, 0.4) is 0 Å². The molecule has 0 bridgehead atoms. The lowest BCUT2D eigenvalue weighted by Gasteiger charge is -2.46. The van der Waals surface area contributed by atoms with Crippen LogP contribution in [0.4, 0.5) is 5.69 Å². The quantitative estimate of drug-likeness (QED) is 0.441. The summed E-state index contributed by atoms with van der Waals surface area (Å²) in [6, 6.07) is 12.9. The van der Waals surface area contributed by atoms with Gasteiger partial charge in [0, 0.05) is 70.9 Å². The Kier molecular flexibility index (Phi) is 9.58. The van der Waals surface area contributed by atoms with Gasteiger partial charge < -0.3 is 23.5 Å². The molecule has 13 heteroatoms. The van der Waals surface area contributed by atoms with Crippen LogP contribution in [-0.4, -0.2) is 128 Å².